The van der Waals surface area contributed by atoms with Gasteiger partial charge in [-0.3, -0.25) is 0 Å². The molecule has 0 aromatic heterocycles. The number of benzene rings is 1. The van der Waals surface area contributed by atoms with E-state index >= 15 is 0 Å². The van der Waals surface area contributed by atoms with Crippen LogP contribution in [0.1, 0.15) is 29.7 Å². The van der Waals surface area contributed by atoms with E-state index in [1.165, 1.54) is 0 Å². The minimum Gasteiger partial charge on any atom is -0.507 e. The Hall–Kier alpha value is -1.55. The zero-order valence-electron chi connectivity index (χ0n) is 10.7. The van der Waals surface area contributed by atoms with Crippen LogP contribution in [0.3, 0.4) is 0 Å². The van der Waals surface area contributed by atoms with E-state index in [4.69, 9.17) is 4.74 Å². The van der Waals surface area contributed by atoms with Crippen LogP contribution in [-0.4, -0.2) is 24.7 Å². The molecule has 0 aliphatic carbocycles. The van der Waals surface area contributed by atoms with Gasteiger partial charge >= 0.3 is 5.97 Å². The van der Waals surface area contributed by atoms with E-state index in [2.05, 4.69) is 5.32 Å². The number of esters is 1. The van der Waals surface area contributed by atoms with Gasteiger partial charge in [-0.25, -0.2) is 4.79 Å². The van der Waals surface area contributed by atoms with E-state index in [0.717, 1.165) is 16.7 Å². The van der Waals surface area contributed by atoms with Gasteiger partial charge in [0.1, 0.15) is 11.8 Å². The van der Waals surface area contributed by atoms with Crippen molar-refractivity contribution in [3.05, 3.63) is 28.8 Å². The lowest BCUT2D eigenvalue weighted by Gasteiger charge is -2.17. The van der Waals surface area contributed by atoms with Crippen molar-refractivity contribution in [3.8, 4) is 5.75 Å². The second kappa shape index (κ2) is 5.68. The van der Waals surface area contributed by atoms with Crippen LogP contribution in [0.4, 0.5) is 0 Å². The highest BCUT2D eigenvalue weighted by molar-refractivity contribution is 5.78. The molecule has 1 aromatic carbocycles. The van der Waals surface area contributed by atoms with Crippen LogP contribution in [0, 0.1) is 13.8 Å². The zero-order valence-corrected chi connectivity index (χ0v) is 10.7. The van der Waals surface area contributed by atoms with Gasteiger partial charge in [0.05, 0.1) is 6.61 Å². The van der Waals surface area contributed by atoms with E-state index in [9.17, 15) is 9.90 Å². The van der Waals surface area contributed by atoms with Crippen molar-refractivity contribution in [1.82, 2.24) is 5.32 Å². The molecule has 0 spiro atoms. The fraction of sp³-hybridized carbons (Fsp3) is 0.462. The lowest BCUT2D eigenvalue weighted by Crippen LogP contribution is -2.27. The molecular weight excluding hydrogens is 218 g/mol. The Morgan fingerprint density at radius 2 is 1.94 bits per heavy atom. The molecule has 1 rings (SSSR count). The van der Waals surface area contributed by atoms with Crippen molar-refractivity contribution >= 4 is 5.97 Å². The summed E-state index contributed by atoms with van der Waals surface area (Å²) in [6, 6.07) is 3.09. The molecule has 0 saturated carbocycles. The van der Waals surface area contributed by atoms with Gasteiger partial charge in [-0.1, -0.05) is 12.1 Å². The zero-order chi connectivity index (χ0) is 13.0. The van der Waals surface area contributed by atoms with Crippen molar-refractivity contribution in [2.75, 3.05) is 13.7 Å². The number of hydrogen-bond acceptors (Lipinski definition) is 4. The van der Waals surface area contributed by atoms with Crippen LogP contribution in [-0.2, 0) is 9.53 Å². The van der Waals surface area contributed by atoms with Crippen LogP contribution in [0.5, 0.6) is 5.75 Å². The number of hydrogen-bond donors (Lipinski definition) is 2. The number of carbonyl (C=O) groups excluding carboxylic acids is 1. The molecule has 1 unspecified atom stereocenters. The van der Waals surface area contributed by atoms with Gasteiger partial charge in [0.2, 0.25) is 0 Å². The standard InChI is InChI=1S/C13H19NO3/c1-5-17-13(16)11(14-4)10-6-8(2)12(15)9(3)7-10/h6-7,11,14-15H,5H2,1-4H3. The predicted octanol–water partition coefficient (Wildman–Crippen LogP) is 1.83. The minimum absolute atomic E-state index is 0.271. The van der Waals surface area contributed by atoms with Crippen LogP contribution < -0.4 is 5.32 Å². The summed E-state index contributed by atoms with van der Waals surface area (Å²) >= 11 is 0. The van der Waals surface area contributed by atoms with Gasteiger partial charge < -0.3 is 15.2 Å². The highest BCUT2D eigenvalue weighted by atomic mass is 16.5. The minimum atomic E-state index is -0.493. The Bertz CT molecular complexity index is 392. The number of aryl methyl sites for hydroxylation is 2. The number of likely N-dealkylation sites (N-methyl/N-ethyl adjacent to an activating group) is 1. The second-order valence-corrected chi connectivity index (χ2v) is 3.98. The summed E-state index contributed by atoms with van der Waals surface area (Å²) < 4.78 is 5.00. The van der Waals surface area contributed by atoms with Crippen molar-refractivity contribution in [3.63, 3.8) is 0 Å². The molecule has 1 atom stereocenters. The highest BCUT2D eigenvalue weighted by Crippen LogP contribution is 2.26. The monoisotopic (exact) mass is 237 g/mol. The molecule has 0 radical (unpaired) electrons. The lowest BCUT2D eigenvalue weighted by atomic mass is 10.0. The molecule has 2 N–H and O–H groups in total. The molecule has 4 heteroatoms. The largest absolute Gasteiger partial charge is 0.507 e. The maximum atomic E-state index is 11.7. The smallest absolute Gasteiger partial charge is 0.327 e. The number of rotatable bonds is 4. The summed E-state index contributed by atoms with van der Waals surface area (Å²) in [6.45, 7) is 5.75. The summed E-state index contributed by atoms with van der Waals surface area (Å²) in [6.07, 6.45) is 0. The summed E-state index contributed by atoms with van der Waals surface area (Å²) in [7, 11) is 1.71. The molecule has 0 aliphatic rings. The average molecular weight is 237 g/mol. The third kappa shape index (κ3) is 2.97. The first-order valence-corrected chi connectivity index (χ1v) is 5.65. The van der Waals surface area contributed by atoms with Gasteiger partial charge in [-0.15, -0.1) is 0 Å². The van der Waals surface area contributed by atoms with E-state index in [0.29, 0.717) is 6.61 Å². The summed E-state index contributed by atoms with van der Waals surface area (Å²) in [5.74, 6) is -0.0352. The Morgan fingerprint density at radius 1 is 1.41 bits per heavy atom. The van der Waals surface area contributed by atoms with Crippen molar-refractivity contribution in [2.24, 2.45) is 0 Å². The molecule has 0 amide bonds. The third-order valence-electron chi connectivity index (χ3n) is 2.66. The molecule has 0 aliphatic heterocycles. The molecule has 0 fully saturated rings. The van der Waals surface area contributed by atoms with E-state index in [1.807, 2.05) is 13.8 Å². The predicted molar refractivity (Wildman–Crippen MR) is 66.0 cm³/mol. The quantitative estimate of drug-likeness (QED) is 0.784. The van der Waals surface area contributed by atoms with E-state index < -0.39 is 6.04 Å². The average Bonchev–Trinajstić information content (AvgIpc) is 2.27. The SMILES string of the molecule is CCOC(=O)C(NC)c1cc(C)c(O)c(C)c1. The van der Waals surface area contributed by atoms with Crippen molar-refractivity contribution < 1.29 is 14.6 Å². The van der Waals surface area contributed by atoms with E-state index in [-0.39, 0.29) is 11.7 Å². The molecule has 0 saturated heterocycles. The maximum Gasteiger partial charge on any atom is 0.327 e. The number of nitrogens with one attached hydrogen (secondary N) is 1. The summed E-state index contributed by atoms with van der Waals surface area (Å²) in [4.78, 5) is 11.7. The van der Waals surface area contributed by atoms with Crippen LogP contribution in [0.2, 0.25) is 0 Å². The molecule has 0 bridgehead atoms. The fourth-order valence-corrected chi connectivity index (χ4v) is 1.80. The van der Waals surface area contributed by atoms with Gasteiger partial charge in [-0.05, 0) is 44.5 Å². The summed E-state index contributed by atoms with van der Waals surface area (Å²) in [5.41, 5.74) is 2.31. The first-order valence-electron chi connectivity index (χ1n) is 5.65. The normalized spacial score (nSPS) is 12.2. The Morgan fingerprint density at radius 3 is 2.35 bits per heavy atom. The fourth-order valence-electron chi connectivity index (χ4n) is 1.80. The molecule has 17 heavy (non-hydrogen) atoms. The van der Waals surface area contributed by atoms with Gasteiger partial charge in [0, 0.05) is 0 Å². The van der Waals surface area contributed by atoms with Crippen molar-refractivity contribution in [1.29, 1.82) is 0 Å². The number of aromatic hydroxyl groups is 1. The second-order valence-electron chi connectivity index (χ2n) is 3.98. The Labute approximate surface area is 102 Å². The number of ether oxygens (including phenoxy) is 1. The van der Waals surface area contributed by atoms with Crippen LogP contribution >= 0.6 is 0 Å². The first kappa shape index (κ1) is 13.5. The Kier molecular flexibility index (Phi) is 4.52. The van der Waals surface area contributed by atoms with Gasteiger partial charge in [0.25, 0.3) is 0 Å². The lowest BCUT2D eigenvalue weighted by molar-refractivity contribution is -0.145. The highest BCUT2D eigenvalue weighted by Gasteiger charge is 2.21. The molecule has 4 nitrogen and oxygen atoms in total. The molecular formula is C13H19NO3. The molecule has 0 heterocycles. The van der Waals surface area contributed by atoms with Crippen LogP contribution in [0.25, 0.3) is 0 Å². The van der Waals surface area contributed by atoms with Gasteiger partial charge in [0.15, 0.2) is 0 Å². The summed E-state index contributed by atoms with van der Waals surface area (Å²) in [5, 5.41) is 12.6. The number of phenols is 1. The maximum absolute atomic E-state index is 11.7. The van der Waals surface area contributed by atoms with Crippen molar-refractivity contribution in [2.45, 2.75) is 26.8 Å². The van der Waals surface area contributed by atoms with Crippen LogP contribution in [0.15, 0.2) is 12.1 Å². The number of phenolic OH excluding ortho intramolecular Hbond substituents is 1. The van der Waals surface area contributed by atoms with E-state index in [1.54, 1.807) is 26.1 Å². The molecule has 94 valence electrons. The molecule has 1 aromatic rings. The topological polar surface area (TPSA) is 58.6 Å². The number of carbonyl (C=O) groups is 1. The Balaban J connectivity index is 3.08. The first-order chi connectivity index (χ1) is 8.01. The van der Waals surface area contributed by atoms with Gasteiger partial charge in [-0.2, -0.15) is 0 Å². The third-order valence-corrected chi connectivity index (χ3v) is 2.66.